The van der Waals surface area contributed by atoms with Crippen LogP contribution < -0.4 is 0 Å². The number of hydrogen-bond acceptors (Lipinski definition) is 5. The first-order valence-corrected chi connectivity index (χ1v) is 14.1. The van der Waals surface area contributed by atoms with Gasteiger partial charge in [-0.25, -0.2) is 4.79 Å². The highest BCUT2D eigenvalue weighted by molar-refractivity contribution is 6.85. The minimum absolute atomic E-state index is 0.293. The monoisotopic (exact) mass is 348 g/mol. The first-order chi connectivity index (χ1) is 9.94. The summed E-state index contributed by atoms with van der Waals surface area (Å²) in [4.78, 5) is 11.8. The van der Waals surface area contributed by atoms with Gasteiger partial charge in [-0.15, -0.1) is 0 Å². The van der Waals surface area contributed by atoms with E-state index >= 15 is 0 Å². The van der Waals surface area contributed by atoms with E-state index in [1.807, 2.05) is 20.0 Å². The van der Waals surface area contributed by atoms with E-state index in [1.165, 1.54) is 0 Å². The summed E-state index contributed by atoms with van der Waals surface area (Å²) < 4.78 is 17.6. The lowest BCUT2D eigenvalue weighted by Crippen LogP contribution is -2.58. The highest BCUT2D eigenvalue weighted by Gasteiger charge is 2.44. The Morgan fingerprint density at radius 2 is 1.77 bits per heavy atom. The van der Waals surface area contributed by atoms with Crippen molar-refractivity contribution >= 4 is 22.6 Å². The van der Waals surface area contributed by atoms with Gasteiger partial charge in [-0.05, 0) is 46.1 Å². The third-order valence-electron chi connectivity index (χ3n) is 2.88. The fourth-order valence-electron chi connectivity index (χ4n) is 2.28. The van der Waals surface area contributed by atoms with Crippen molar-refractivity contribution in [1.82, 2.24) is 0 Å². The zero-order chi connectivity index (χ0) is 17.6. The van der Waals surface area contributed by atoms with Gasteiger partial charge in [0, 0.05) is 12.2 Å². The van der Waals surface area contributed by atoms with Crippen molar-refractivity contribution in [3.05, 3.63) is 12.2 Å². The average molecular weight is 349 g/mol. The van der Waals surface area contributed by atoms with Gasteiger partial charge in [-0.1, -0.05) is 13.5 Å². The second kappa shape index (κ2) is 8.98. The van der Waals surface area contributed by atoms with Crippen molar-refractivity contribution in [2.24, 2.45) is 0 Å². The quantitative estimate of drug-likeness (QED) is 0.374. The van der Waals surface area contributed by atoms with E-state index in [-0.39, 0.29) is 6.61 Å². The third kappa shape index (κ3) is 7.69. The molecule has 0 saturated heterocycles. The van der Waals surface area contributed by atoms with Gasteiger partial charge in [0.25, 0.3) is 0 Å². The highest BCUT2D eigenvalue weighted by Crippen LogP contribution is 2.24. The molecule has 22 heavy (non-hydrogen) atoms. The van der Waals surface area contributed by atoms with Gasteiger partial charge < -0.3 is 18.7 Å². The molecule has 0 heterocycles. The Bertz CT molecular complexity index is 377. The van der Waals surface area contributed by atoms with Crippen molar-refractivity contribution in [3.63, 3.8) is 0 Å². The van der Waals surface area contributed by atoms with Crippen molar-refractivity contribution < 1.29 is 23.5 Å². The maximum Gasteiger partial charge on any atom is 0.333 e. The molecule has 0 aromatic carbocycles. The predicted octanol–water partition coefficient (Wildman–Crippen LogP) is 2.86. The Morgan fingerprint density at radius 3 is 2.14 bits per heavy atom. The molecule has 7 heteroatoms. The van der Waals surface area contributed by atoms with Crippen LogP contribution in [0.2, 0.25) is 32.7 Å². The maximum absolute atomic E-state index is 11.8. The zero-order valence-electron chi connectivity index (χ0n) is 15.1. The fourth-order valence-corrected chi connectivity index (χ4v) is 10.6. The fraction of sp³-hybridized carbons (Fsp3) is 0.800. The maximum atomic E-state index is 11.8. The topological polar surface area (TPSA) is 65.0 Å². The van der Waals surface area contributed by atoms with E-state index in [4.69, 9.17) is 13.6 Å². The molecule has 0 spiro atoms. The summed E-state index contributed by atoms with van der Waals surface area (Å²) in [6, 6.07) is 0. The number of ether oxygens (including phenoxy) is 2. The molecule has 0 saturated carbocycles. The highest BCUT2D eigenvalue weighted by atomic mass is 28.4. The van der Waals surface area contributed by atoms with Crippen LogP contribution in [0.15, 0.2) is 12.2 Å². The number of carbonyl (C=O) groups is 1. The number of rotatable bonds is 10. The molecular weight excluding hydrogens is 316 g/mol. The molecule has 0 aromatic rings. The summed E-state index contributed by atoms with van der Waals surface area (Å²) in [6.07, 6.45) is 0.120. The summed E-state index contributed by atoms with van der Waals surface area (Å²) in [5.41, 5.74) is -0.106. The molecule has 0 amide bonds. The predicted molar refractivity (Wildman–Crippen MR) is 93.7 cm³/mol. The van der Waals surface area contributed by atoms with Crippen molar-refractivity contribution in [3.8, 4) is 0 Å². The van der Waals surface area contributed by atoms with E-state index < -0.39 is 34.4 Å². The smallest absolute Gasteiger partial charge is 0.333 e. The van der Waals surface area contributed by atoms with E-state index in [2.05, 4.69) is 26.2 Å². The van der Waals surface area contributed by atoms with Crippen molar-refractivity contribution in [2.45, 2.75) is 64.8 Å². The Morgan fingerprint density at radius 1 is 1.23 bits per heavy atom. The minimum Gasteiger partial charge on any atom is -0.454 e. The summed E-state index contributed by atoms with van der Waals surface area (Å²) in [5, 5.41) is 9.68. The Balaban J connectivity index is 5.28. The first-order valence-electron chi connectivity index (χ1n) is 7.73. The van der Waals surface area contributed by atoms with Crippen LogP contribution in [0.1, 0.15) is 20.3 Å². The molecular formula is C15H32O5Si2. The van der Waals surface area contributed by atoms with Crippen LogP contribution in [0, 0.1) is 0 Å². The Kier molecular flexibility index (Phi) is 8.78. The van der Waals surface area contributed by atoms with Crippen LogP contribution in [0.4, 0.5) is 0 Å². The zero-order valence-corrected chi connectivity index (χ0v) is 17.1. The van der Waals surface area contributed by atoms with Gasteiger partial charge in [0.1, 0.15) is 5.73 Å². The van der Waals surface area contributed by atoms with Gasteiger partial charge >= 0.3 is 5.97 Å². The molecule has 0 fully saturated rings. The van der Waals surface area contributed by atoms with Crippen LogP contribution in [-0.4, -0.2) is 52.8 Å². The number of aliphatic hydroxyl groups is 1. The van der Waals surface area contributed by atoms with Crippen LogP contribution in [0.5, 0.6) is 0 Å². The molecule has 0 bridgehead atoms. The lowest BCUT2D eigenvalue weighted by atomic mass is 10.3. The van der Waals surface area contributed by atoms with Gasteiger partial charge in [0.15, 0.2) is 14.4 Å². The molecule has 0 aliphatic rings. The molecule has 0 rings (SSSR count). The number of aliphatic hydroxyl groups excluding tert-OH is 1. The molecule has 130 valence electrons. The Labute approximate surface area is 136 Å². The molecule has 5 nitrogen and oxygen atoms in total. The standard InChI is InChI=1S/C15H32O5Si2/c1-9-10-18-15(22(7,8)20-21(4,5)6)13(11-16)19-14(17)12(2)3/h13,15-16H,2,9-11H2,1,3-8H3. The van der Waals surface area contributed by atoms with Crippen molar-refractivity contribution in [1.29, 1.82) is 0 Å². The SMILES string of the molecule is C=C(C)C(=O)OC(CO)C(OCCC)[Si](C)(C)O[Si](C)(C)C. The summed E-state index contributed by atoms with van der Waals surface area (Å²) in [7, 11) is -4.09. The number of esters is 1. The first kappa shape index (κ1) is 21.5. The van der Waals surface area contributed by atoms with E-state index in [0.717, 1.165) is 6.42 Å². The lowest BCUT2D eigenvalue weighted by Gasteiger charge is -2.40. The molecule has 0 aliphatic carbocycles. The van der Waals surface area contributed by atoms with Crippen molar-refractivity contribution in [2.75, 3.05) is 13.2 Å². The van der Waals surface area contributed by atoms with Gasteiger partial charge in [-0.3, -0.25) is 0 Å². The largest absolute Gasteiger partial charge is 0.454 e. The van der Waals surface area contributed by atoms with Crippen LogP contribution >= 0.6 is 0 Å². The number of carbonyl (C=O) groups excluding carboxylic acids is 1. The van der Waals surface area contributed by atoms with Crippen LogP contribution in [0.3, 0.4) is 0 Å². The molecule has 1 N–H and O–H groups in total. The molecule has 0 aliphatic heterocycles. The summed E-state index contributed by atoms with van der Waals surface area (Å²) >= 11 is 0. The minimum atomic E-state index is -2.32. The van der Waals surface area contributed by atoms with Gasteiger partial charge in [-0.2, -0.15) is 0 Å². The molecule has 0 aromatic heterocycles. The van der Waals surface area contributed by atoms with E-state index in [1.54, 1.807) is 6.92 Å². The summed E-state index contributed by atoms with van der Waals surface area (Å²) in [5.74, 6) is -0.512. The van der Waals surface area contributed by atoms with Gasteiger partial charge in [0.05, 0.1) is 6.61 Å². The second-order valence-corrected chi connectivity index (χ2v) is 15.8. The normalized spacial score (nSPS) is 15.3. The molecule has 2 atom stereocenters. The average Bonchev–Trinajstić information content (AvgIpc) is 2.34. The number of hydrogen-bond donors (Lipinski definition) is 1. The molecule has 0 radical (unpaired) electrons. The lowest BCUT2D eigenvalue weighted by molar-refractivity contribution is -0.152. The van der Waals surface area contributed by atoms with E-state index in [9.17, 15) is 9.90 Å². The van der Waals surface area contributed by atoms with Gasteiger partial charge in [0.2, 0.25) is 8.32 Å². The Hall–Kier alpha value is -0.476. The second-order valence-electron chi connectivity index (χ2n) is 7.02. The van der Waals surface area contributed by atoms with E-state index in [0.29, 0.717) is 12.2 Å². The summed E-state index contributed by atoms with van der Waals surface area (Å²) in [6.45, 7) is 17.9. The van der Waals surface area contributed by atoms with Crippen LogP contribution in [0.25, 0.3) is 0 Å². The molecule has 2 unspecified atom stereocenters. The third-order valence-corrected chi connectivity index (χ3v) is 9.34. The van der Waals surface area contributed by atoms with Crippen LogP contribution in [-0.2, 0) is 18.4 Å².